The molecule has 126 valence electrons. The van der Waals surface area contributed by atoms with Crippen LogP contribution in [-0.2, 0) is 12.8 Å². The standard InChI is InChI=1S/C19H22N2O3/c1-3-24-15-8-4-6-13(10-15)12(2)20-18(22)16-11-14-7-5-9-17(14)21-19(16)23/h4,6,8,10-12H,3,5,7,9H2,1-2H3,(H,20,22)(H,21,23)/t12-/m1/s1. The van der Waals surface area contributed by atoms with Crippen molar-refractivity contribution in [3.05, 3.63) is 63.1 Å². The van der Waals surface area contributed by atoms with Crippen molar-refractivity contribution in [2.45, 2.75) is 39.2 Å². The van der Waals surface area contributed by atoms with E-state index in [0.29, 0.717) is 6.61 Å². The van der Waals surface area contributed by atoms with E-state index in [1.165, 1.54) is 0 Å². The van der Waals surface area contributed by atoms with E-state index in [2.05, 4.69) is 10.3 Å². The lowest BCUT2D eigenvalue weighted by Crippen LogP contribution is -2.32. The van der Waals surface area contributed by atoms with Crippen LogP contribution < -0.4 is 15.6 Å². The maximum absolute atomic E-state index is 12.5. The smallest absolute Gasteiger partial charge is 0.261 e. The van der Waals surface area contributed by atoms with Gasteiger partial charge in [0.15, 0.2) is 0 Å². The Bertz CT molecular complexity index is 810. The SMILES string of the molecule is CCOc1cccc([C@@H](C)NC(=O)c2cc3c([nH]c2=O)CCC3)c1. The second-order valence-electron chi connectivity index (χ2n) is 6.07. The largest absolute Gasteiger partial charge is 0.494 e. The van der Waals surface area contributed by atoms with Crippen molar-refractivity contribution in [2.75, 3.05) is 6.61 Å². The van der Waals surface area contributed by atoms with Gasteiger partial charge < -0.3 is 15.0 Å². The first-order valence-electron chi connectivity index (χ1n) is 8.37. The summed E-state index contributed by atoms with van der Waals surface area (Å²) in [5.41, 5.74) is 2.85. The van der Waals surface area contributed by atoms with Crippen LogP contribution in [0.15, 0.2) is 35.1 Å². The van der Waals surface area contributed by atoms with Gasteiger partial charge in [-0.05, 0) is 62.4 Å². The van der Waals surface area contributed by atoms with Crippen LogP contribution in [0, 0.1) is 0 Å². The number of ether oxygens (including phenoxy) is 1. The number of carbonyl (C=O) groups excluding carboxylic acids is 1. The first-order valence-corrected chi connectivity index (χ1v) is 8.37. The first-order chi connectivity index (χ1) is 11.6. The van der Waals surface area contributed by atoms with Crippen LogP contribution in [0.5, 0.6) is 5.75 Å². The van der Waals surface area contributed by atoms with Crippen molar-refractivity contribution in [3.8, 4) is 5.75 Å². The number of pyridine rings is 1. The third-order valence-electron chi connectivity index (χ3n) is 4.35. The summed E-state index contributed by atoms with van der Waals surface area (Å²) in [7, 11) is 0. The number of H-pyrrole nitrogens is 1. The molecule has 0 fully saturated rings. The highest BCUT2D eigenvalue weighted by molar-refractivity contribution is 5.94. The van der Waals surface area contributed by atoms with Gasteiger partial charge in [0.1, 0.15) is 11.3 Å². The Labute approximate surface area is 141 Å². The van der Waals surface area contributed by atoms with E-state index in [4.69, 9.17) is 4.74 Å². The van der Waals surface area contributed by atoms with Crippen molar-refractivity contribution in [1.82, 2.24) is 10.3 Å². The zero-order valence-corrected chi connectivity index (χ0v) is 14.0. The van der Waals surface area contributed by atoms with E-state index in [9.17, 15) is 9.59 Å². The van der Waals surface area contributed by atoms with Gasteiger partial charge in [0.05, 0.1) is 12.6 Å². The number of hydrogen-bond acceptors (Lipinski definition) is 3. The normalized spacial score (nSPS) is 14.1. The Morgan fingerprint density at radius 2 is 2.17 bits per heavy atom. The molecule has 1 heterocycles. The number of fused-ring (bicyclic) bond motifs is 1. The summed E-state index contributed by atoms with van der Waals surface area (Å²) in [5.74, 6) is 0.423. The second kappa shape index (κ2) is 6.91. The Morgan fingerprint density at radius 1 is 1.33 bits per heavy atom. The lowest BCUT2D eigenvalue weighted by atomic mass is 10.1. The van der Waals surface area contributed by atoms with Gasteiger partial charge in [0.2, 0.25) is 0 Å². The average molecular weight is 326 g/mol. The predicted octanol–water partition coefficient (Wildman–Crippen LogP) is 2.75. The van der Waals surface area contributed by atoms with Gasteiger partial charge in [-0.25, -0.2) is 0 Å². The molecule has 5 heteroatoms. The molecule has 1 aromatic carbocycles. The zero-order valence-electron chi connectivity index (χ0n) is 14.0. The third-order valence-corrected chi connectivity index (χ3v) is 4.35. The highest BCUT2D eigenvalue weighted by Gasteiger charge is 2.19. The summed E-state index contributed by atoms with van der Waals surface area (Å²) >= 11 is 0. The van der Waals surface area contributed by atoms with E-state index in [1.54, 1.807) is 6.07 Å². The van der Waals surface area contributed by atoms with Crippen LogP contribution in [0.2, 0.25) is 0 Å². The van der Waals surface area contributed by atoms with Crippen molar-refractivity contribution < 1.29 is 9.53 Å². The Hall–Kier alpha value is -2.56. The van der Waals surface area contributed by atoms with Crippen LogP contribution >= 0.6 is 0 Å². The molecular formula is C19H22N2O3. The number of carbonyl (C=O) groups is 1. The van der Waals surface area contributed by atoms with Crippen molar-refractivity contribution in [1.29, 1.82) is 0 Å². The topological polar surface area (TPSA) is 71.2 Å². The quantitative estimate of drug-likeness (QED) is 0.887. The van der Waals surface area contributed by atoms with Gasteiger partial charge in [-0.15, -0.1) is 0 Å². The fourth-order valence-electron chi connectivity index (χ4n) is 3.08. The highest BCUT2D eigenvalue weighted by atomic mass is 16.5. The summed E-state index contributed by atoms with van der Waals surface area (Å²) in [6.45, 7) is 4.41. The molecule has 0 saturated carbocycles. The molecule has 1 amide bonds. The molecule has 3 rings (SSSR count). The zero-order chi connectivity index (χ0) is 17.1. The van der Waals surface area contributed by atoms with E-state index in [-0.39, 0.29) is 23.1 Å². The minimum Gasteiger partial charge on any atom is -0.494 e. The number of aromatic nitrogens is 1. The van der Waals surface area contributed by atoms with Crippen molar-refractivity contribution in [3.63, 3.8) is 0 Å². The van der Waals surface area contributed by atoms with Gasteiger partial charge in [-0.2, -0.15) is 0 Å². The Balaban J connectivity index is 1.77. The lowest BCUT2D eigenvalue weighted by molar-refractivity contribution is 0.0938. The second-order valence-corrected chi connectivity index (χ2v) is 6.07. The number of hydrogen-bond donors (Lipinski definition) is 2. The van der Waals surface area contributed by atoms with E-state index in [0.717, 1.165) is 41.8 Å². The molecule has 24 heavy (non-hydrogen) atoms. The van der Waals surface area contributed by atoms with Crippen LogP contribution in [0.3, 0.4) is 0 Å². The molecule has 0 unspecified atom stereocenters. The molecule has 0 radical (unpaired) electrons. The summed E-state index contributed by atoms with van der Waals surface area (Å²) in [6, 6.07) is 9.13. The minimum absolute atomic E-state index is 0.184. The third kappa shape index (κ3) is 3.35. The van der Waals surface area contributed by atoms with Gasteiger partial charge in [-0.1, -0.05) is 12.1 Å². The summed E-state index contributed by atoms with van der Waals surface area (Å²) < 4.78 is 5.49. The van der Waals surface area contributed by atoms with Gasteiger partial charge in [-0.3, -0.25) is 9.59 Å². The number of aromatic amines is 1. The molecule has 5 nitrogen and oxygen atoms in total. The number of nitrogens with one attached hydrogen (secondary N) is 2. The highest BCUT2D eigenvalue weighted by Crippen LogP contribution is 2.21. The maximum atomic E-state index is 12.5. The summed E-state index contributed by atoms with van der Waals surface area (Å²) in [5, 5.41) is 2.90. The van der Waals surface area contributed by atoms with Gasteiger partial charge in [0, 0.05) is 5.69 Å². The van der Waals surface area contributed by atoms with Crippen LogP contribution in [-0.4, -0.2) is 17.5 Å². The predicted molar refractivity (Wildman–Crippen MR) is 92.6 cm³/mol. The number of benzene rings is 1. The van der Waals surface area contributed by atoms with Gasteiger partial charge >= 0.3 is 0 Å². The van der Waals surface area contributed by atoms with Gasteiger partial charge in [0.25, 0.3) is 11.5 Å². The monoisotopic (exact) mass is 326 g/mol. The molecule has 0 spiro atoms. The van der Waals surface area contributed by atoms with E-state index < -0.39 is 0 Å². The minimum atomic E-state index is -0.347. The molecule has 0 aliphatic heterocycles. The van der Waals surface area contributed by atoms with Crippen LogP contribution in [0.25, 0.3) is 0 Å². The average Bonchev–Trinajstić information content (AvgIpc) is 3.01. The molecule has 1 atom stereocenters. The summed E-state index contributed by atoms with van der Waals surface area (Å²) in [4.78, 5) is 27.5. The van der Waals surface area contributed by atoms with Crippen LogP contribution in [0.1, 0.15) is 53.5 Å². The molecule has 1 aliphatic rings. The molecule has 1 aromatic heterocycles. The molecule has 2 aromatic rings. The Kier molecular flexibility index (Phi) is 4.69. The van der Waals surface area contributed by atoms with Crippen molar-refractivity contribution >= 4 is 5.91 Å². The molecular weight excluding hydrogens is 304 g/mol. The molecule has 2 N–H and O–H groups in total. The fourth-order valence-corrected chi connectivity index (χ4v) is 3.08. The first kappa shape index (κ1) is 16.3. The maximum Gasteiger partial charge on any atom is 0.261 e. The molecule has 0 saturated heterocycles. The fraction of sp³-hybridized carbons (Fsp3) is 0.368. The number of rotatable bonds is 5. The number of amides is 1. The molecule has 1 aliphatic carbocycles. The van der Waals surface area contributed by atoms with Crippen molar-refractivity contribution in [2.24, 2.45) is 0 Å². The van der Waals surface area contributed by atoms with E-state index >= 15 is 0 Å². The van der Waals surface area contributed by atoms with Crippen LogP contribution in [0.4, 0.5) is 0 Å². The Morgan fingerprint density at radius 3 is 2.96 bits per heavy atom. The summed E-state index contributed by atoms with van der Waals surface area (Å²) in [6.07, 6.45) is 2.82. The molecule has 0 bridgehead atoms. The van der Waals surface area contributed by atoms with E-state index in [1.807, 2.05) is 38.1 Å². The number of aryl methyl sites for hydroxylation is 2. The lowest BCUT2D eigenvalue weighted by Gasteiger charge is -2.15.